The van der Waals surface area contributed by atoms with Gasteiger partial charge in [-0.05, 0) is 31.0 Å². The van der Waals surface area contributed by atoms with Crippen molar-refractivity contribution in [2.45, 2.75) is 26.7 Å². The number of carbonyl (C=O) groups is 2. The van der Waals surface area contributed by atoms with E-state index < -0.39 is 5.97 Å². The molecule has 1 rings (SSSR count). The fraction of sp³-hybridized carbons (Fsp3) is 0.429. The van der Waals surface area contributed by atoms with Crippen LogP contribution >= 0.6 is 11.6 Å². The Bertz CT molecular complexity index is 441. The van der Waals surface area contributed by atoms with Gasteiger partial charge in [-0.2, -0.15) is 0 Å². The summed E-state index contributed by atoms with van der Waals surface area (Å²) in [6.07, 6.45) is 1.02. The second-order valence-electron chi connectivity index (χ2n) is 3.81. The highest BCUT2D eigenvalue weighted by Gasteiger charge is 2.14. The lowest BCUT2D eigenvalue weighted by Gasteiger charge is -2.09. The van der Waals surface area contributed by atoms with E-state index in [1.165, 1.54) is 0 Å². The van der Waals surface area contributed by atoms with Crippen LogP contribution in [0.15, 0.2) is 18.2 Å². The molecule has 98 valence electrons. The SMILES string of the molecule is CCOC(=O)c1ccc(CC)c(C(=O)CCCl)c1. The minimum atomic E-state index is -0.403. The van der Waals surface area contributed by atoms with Crippen LogP contribution in [0.5, 0.6) is 0 Å². The van der Waals surface area contributed by atoms with Gasteiger partial charge in [-0.15, -0.1) is 11.6 Å². The standard InChI is InChI=1S/C14H17ClO3/c1-3-10-5-6-11(14(17)18-4-2)9-12(10)13(16)7-8-15/h5-6,9H,3-4,7-8H2,1-2H3. The topological polar surface area (TPSA) is 43.4 Å². The fourth-order valence-corrected chi connectivity index (χ4v) is 1.88. The van der Waals surface area contributed by atoms with Crippen molar-refractivity contribution in [3.05, 3.63) is 34.9 Å². The van der Waals surface area contributed by atoms with Gasteiger partial charge in [0, 0.05) is 17.9 Å². The number of hydrogen-bond acceptors (Lipinski definition) is 3. The molecule has 0 unspecified atom stereocenters. The van der Waals surface area contributed by atoms with E-state index in [4.69, 9.17) is 16.3 Å². The number of esters is 1. The molecule has 0 amide bonds. The first-order valence-corrected chi connectivity index (χ1v) is 6.56. The van der Waals surface area contributed by atoms with Crippen molar-refractivity contribution < 1.29 is 14.3 Å². The molecule has 0 aromatic heterocycles. The minimum Gasteiger partial charge on any atom is -0.462 e. The van der Waals surface area contributed by atoms with Gasteiger partial charge in [0.15, 0.2) is 5.78 Å². The quantitative estimate of drug-likeness (QED) is 0.452. The number of ketones is 1. The average molecular weight is 269 g/mol. The van der Waals surface area contributed by atoms with Crippen LogP contribution < -0.4 is 0 Å². The van der Waals surface area contributed by atoms with E-state index in [-0.39, 0.29) is 18.1 Å². The predicted molar refractivity (Wildman–Crippen MR) is 71.4 cm³/mol. The maximum atomic E-state index is 11.9. The maximum absolute atomic E-state index is 11.9. The zero-order chi connectivity index (χ0) is 13.5. The van der Waals surface area contributed by atoms with Crippen LogP contribution in [0.2, 0.25) is 0 Å². The van der Waals surface area contributed by atoms with E-state index in [2.05, 4.69) is 0 Å². The summed E-state index contributed by atoms with van der Waals surface area (Å²) in [5.74, 6) is -0.154. The Balaban J connectivity index is 3.09. The Kier molecular flexibility index (Phi) is 5.86. The molecule has 0 aliphatic heterocycles. The molecule has 0 spiro atoms. The molecule has 1 aromatic carbocycles. The van der Waals surface area contributed by atoms with Crippen molar-refractivity contribution in [1.82, 2.24) is 0 Å². The third-order valence-corrected chi connectivity index (χ3v) is 2.81. The number of Topliss-reactive ketones (excluding diaryl/α,β-unsaturated/α-hetero) is 1. The lowest BCUT2D eigenvalue weighted by atomic mass is 9.97. The zero-order valence-electron chi connectivity index (χ0n) is 10.7. The minimum absolute atomic E-state index is 0.0343. The molecule has 0 heterocycles. The molecule has 0 bridgehead atoms. The number of benzene rings is 1. The number of hydrogen-bond donors (Lipinski definition) is 0. The van der Waals surface area contributed by atoms with E-state index in [1.807, 2.05) is 6.92 Å². The highest BCUT2D eigenvalue weighted by molar-refractivity contribution is 6.19. The Morgan fingerprint density at radius 1 is 1.28 bits per heavy atom. The Morgan fingerprint density at radius 2 is 2.00 bits per heavy atom. The monoisotopic (exact) mass is 268 g/mol. The van der Waals surface area contributed by atoms with Crippen LogP contribution in [0.1, 0.15) is 46.5 Å². The summed E-state index contributed by atoms with van der Waals surface area (Å²) >= 11 is 5.58. The number of aryl methyl sites for hydroxylation is 1. The normalized spacial score (nSPS) is 10.2. The van der Waals surface area contributed by atoms with E-state index in [0.717, 1.165) is 12.0 Å². The van der Waals surface area contributed by atoms with Gasteiger partial charge in [-0.1, -0.05) is 13.0 Å². The number of ether oxygens (including phenoxy) is 1. The fourth-order valence-electron chi connectivity index (χ4n) is 1.71. The highest BCUT2D eigenvalue weighted by atomic mass is 35.5. The van der Waals surface area contributed by atoms with Crippen LogP contribution in [-0.4, -0.2) is 24.2 Å². The van der Waals surface area contributed by atoms with Gasteiger partial charge in [-0.25, -0.2) is 4.79 Å². The van der Waals surface area contributed by atoms with E-state index in [1.54, 1.807) is 25.1 Å². The van der Waals surface area contributed by atoms with Gasteiger partial charge in [0.2, 0.25) is 0 Å². The zero-order valence-corrected chi connectivity index (χ0v) is 11.4. The molecule has 0 radical (unpaired) electrons. The molecule has 0 atom stereocenters. The smallest absolute Gasteiger partial charge is 0.338 e. The summed E-state index contributed by atoms with van der Waals surface area (Å²) in [5, 5.41) is 0. The molecule has 0 saturated heterocycles. The molecule has 0 aliphatic rings. The Morgan fingerprint density at radius 3 is 2.56 bits per heavy atom. The highest BCUT2D eigenvalue weighted by Crippen LogP contribution is 2.16. The van der Waals surface area contributed by atoms with Crippen LogP contribution in [0.4, 0.5) is 0 Å². The van der Waals surface area contributed by atoms with Crippen molar-refractivity contribution in [1.29, 1.82) is 0 Å². The van der Waals surface area contributed by atoms with Gasteiger partial charge in [0.1, 0.15) is 0 Å². The van der Waals surface area contributed by atoms with Crippen LogP contribution in [0, 0.1) is 0 Å². The summed E-state index contributed by atoms with van der Waals surface area (Å²) < 4.78 is 4.92. The van der Waals surface area contributed by atoms with Crippen LogP contribution in [0.3, 0.4) is 0 Å². The first-order chi connectivity index (χ1) is 8.63. The van der Waals surface area contributed by atoms with Gasteiger partial charge in [-0.3, -0.25) is 4.79 Å². The summed E-state index contributed by atoms with van der Waals surface area (Å²) in [4.78, 5) is 23.5. The van der Waals surface area contributed by atoms with Crippen molar-refractivity contribution in [3.8, 4) is 0 Å². The molecule has 0 saturated carbocycles. The molecular formula is C14H17ClO3. The number of rotatable bonds is 6. The molecular weight excluding hydrogens is 252 g/mol. The van der Waals surface area contributed by atoms with Crippen molar-refractivity contribution in [3.63, 3.8) is 0 Å². The van der Waals surface area contributed by atoms with E-state index in [9.17, 15) is 9.59 Å². The summed E-state index contributed by atoms with van der Waals surface area (Å²) in [5.41, 5.74) is 1.91. The Labute approximate surface area is 112 Å². The number of carbonyl (C=O) groups excluding carboxylic acids is 2. The lowest BCUT2D eigenvalue weighted by Crippen LogP contribution is -2.09. The second-order valence-corrected chi connectivity index (χ2v) is 4.19. The summed E-state index contributed by atoms with van der Waals surface area (Å²) in [6, 6.07) is 5.09. The van der Waals surface area contributed by atoms with Gasteiger partial charge < -0.3 is 4.74 Å². The maximum Gasteiger partial charge on any atom is 0.338 e. The van der Waals surface area contributed by atoms with E-state index >= 15 is 0 Å². The van der Waals surface area contributed by atoms with Crippen molar-refractivity contribution >= 4 is 23.4 Å². The van der Waals surface area contributed by atoms with Crippen molar-refractivity contribution in [2.75, 3.05) is 12.5 Å². The first kappa shape index (κ1) is 14.7. The third-order valence-electron chi connectivity index (χ3n) is 2.62. The molecule has 0 aliphatic carbocycles. The van der Waals surface area contributed by atoms with Gasteiger partial charge in [0.05, 0.1) is 12.2 Å². The lowest BCUT2D eigenvalue weighted by molar-refractivity contribution is 0.0526. The second kappa shape index (κ2) is 7.17. The van der Waals surface area contributed by atoms with Crippen LogP contribution in [-0.2, 0) is 11.2 Å². The molecule has 4 heteroatoms. The summed E-state index contributed by atoms with van der Waals surface area (Å²) in [7, 11) is 0. The Hall–Kier alpha value is -1.35. The predicted octanol–water partition coefficient (Wildman–Crippen LogP) is 3.24. The molecule has 0 fully saturated rings. The molecule has 0 N–H and O–H groups in total. The van der Waals surface area contributed by atoms with Crippen molar-refractivity contribution in [2.24, 2.45) is 0 Å². The molecule has 1 aromatic rings. The van der Waals surface area contributed by atoms with Gasteiger partial charge in [0.25, 0.3) is 0 Å². The molecule has 3 nitrogen and oxygen atoms in total. The number of halogens is 1. The first-order valence-electron chi connectivity index (χ1n) is 6.03. The van der Waals surface area contributed by atoms with E-state index in [0.29, 0.717) is 17.7 Å². The largest absolute Gasteiger partial charge is 0.462 e. The number of alkyl halides is 1. The van der Waals surface area contributed by atoms with Crippen LogP contribution in [0.25, 0.3) is 0 Å². The third kappa shape index (κ3) is 3.57. The summed E-state index contributed by atoms with van der Waals surface area (Å²) in [6.45, 7) is 4.04. The van der Waals surface area contributed by atoms with Gasteiger partial charge >= 0.3 is 5.97 Å². The average Bonchev–Trinajstić information content (AvgIpc) is 2.38. The molecule has 18 heavy (non-hydrogen) atoms.